The van der Waals surface area contributed by atoms with Gasteiger partial charge in [-0.3, -0.25) is 14.5 Å². The minimum atomic E-state index is -0.0480. The molecule has 20 heavy (non-hydrogen) atoms. The summed E-state index contributed by atoms with van der Waals surface area (Å²) in [6, 6.07) is 0. The van der Waals surface area contributed by atoms with E-state index in [-0.39, 0.29) is 23.7 Å². The summed E-state index contributed by atoms with van der Waals surface area (Å²) in [5.41, 5.74) is 0. The van der Waals surface area contributed by atoms with Gasteiger partial charge in [0.1, 0.15) is 0 Å². The third-order valence-electron chi connectivity index (χ3n) is 4.08. The number of carbonyl (C=O) groups is 2. The first kappa shape index (κ1) is 13.5. The number of hydrogen-bond donors (Lipinski definition) is 1. The highest BCUT2D eigenvalue weighted by Gasteiger charge is 2.49. The second-order valence-electron chi connectivity index (χ2n) is 5.47. The van der Waals surface area contributed by atoms with Crippen LogP contribution in [-0.2, 0) is 16.1 Å². The average molecular weight is 293 g/mol. The molecular formula is C14H19N3O2S. The van der Waals surface area contributed by atoms with E-state index in [2.05, 4.69) is 17.2 Å². The van der Waals surface area contributed by atoms with Gasteiger partial charge in [-0.2, -0.15) is 0 Å². The second-order valence-corrected chi connectivity index (χ2v) is 6.58. The zero-order valence-electron chi connectivity index (χ0n) is 11.6. The number of imide groups is 1. The number of thiazole rings is 1. The van der Waals surface area contributed by atoms with E-state index >= 15 is 0 Å². The molecule has 2 atom stereocenters. The lowest BCUT2D eigenvalue weighted by atomic mass is 10.00. The molecule has 5 nitrogen and oxygen atoms in total. The second kappa shape index (κ2) is 5.52. The van der Waals surface area contributed by atoms with Gasteiger partial charge in [0.25, 0.3) is 0 Å². The van der Waals surface area contributed by atoms with E-state index in [0.29, 0.717) is 6.54 Å². The minimum Gasteiger partial charge on any atom is -0.362 e. The number of anilines is 1. The summed E-state index contributed by atoms with van der Waals surface area (Å²) in [4.78, 5) is 31.2. The van der Waals surface area contributed by atoms with Crippen LogP contribution in [0.1, 0.15) is 37.5 Å². The molecule has 0 radical (unpaired) electrons. The Bertz CT molecular complexity index is 506. The first-order valence-electron chi connectivity index (χ1n) is 7.24. The van der Waals surface area contributed by atoms with Crippen molar-refractivity contribution < 1.29 is 9.59 Å². The van der Waals surface area contributed by atoms with Crippen LogP contribution in [0.4, 0.5) is 5.13 Å². The van der Waals surface area contributed by atoms with Crippen LogP contribution in [0.15, 0.2) is 6.20 Å². The number of nitrogens with zero attached hydrogens (tertiary/aromatic N) is 2. The van der Waals surface area contributed by atoms with Gasteiger partial charge in [-0.1, -0.05) is 13.3 Å². The monoisotopic (exact) mass is 293 g/mol. The molecule has 2 fully saturated rings. The first-order chi connectivity index (χ1) is 9.70. The van der Waals surface area contributed by atoms with Crippen LogP contribution in [0.3, 0.4) is 0 Å². The fourth-order valence-electron chi connectivity index (χ4n) is 3.07. The van der Waals surface area contributed by atoms with Crippen LogP contribution in [0.5, 0.6) is 0 Å². The third-order valence-corrected chi connectivity index (χ3v) is 5.02. The van der Waals surface area contributed by atoms with Gasteiger partial charge in [-0.05, 0) is 19.3 Å². The minimum absolute atomic E-state index is 0.0222. The van der Waals surface area contributed by atoms with Gasteiger partial charge in [0.05, 0.1) is 18.4 Å². The number of rotatable bonds is 5. The molecule has 0 bridgehead atoms. The Balaban J connectivity index is 1.67. The lowest BCUT2D eigenvalue weighted by molar-refractivity contribution is -0.140. The van der Waals surface area contributed by atoms with E-state index in [1.54, 1.807) is 6.20 Å². The summed E-state index contributed by atoms with van der Waals surface area (Å²) < 4.78 is 0. The standard InChI is InChI=1S/C14H19N3O2S/c1-2-6-15-14-16-7-9(20-14)8-17-12(18)10-4-3-5-11(10)13(17)19/h7,10-11H,2-6,8H2,1H3,(H,15,16). The summed E-state index contributed by atoms with van der Waals surface area (Å²) in [6.45, 7) is 3.37. The highest BCUT2D eigenvalue weighted by atomic mass is 32.1. The molecule has 2 aliphatic rings. The number of nitrogens with one attached hydrogen (secondary N) is 1. The van der Waals surface area contributed by atoms with E-state index in [1.807, 2.05) is 0 Å². The Labute approximate surface area is 122 Å². The van der Waals surface area contributed by atoms with Crippen LogP contribution >= 0.6 is 11.3 Å². The van der Waals surface area contributed by atoms with Crippen LogP contribution in [0.25, 0.3) is 0 Å². The predicted octanol–water partition coefficient (Wildman–Crippen LogP) is 2.25. The fourth-order valence-corrected chi connectivity index (χ4v) is 3.89. The molecule has 2 amide bonds. The van der Waals surface area contributed by atoms with Crippen molar-refractivity contribution in [2.75, 3.05) is 11.9 Å². The van der Waals surface area contributed by atoms with Crippen molar-refractivity contribution in [1.82, 2.24) is 9.88 Å². The summed E-state index contributed by atoms with van der Waals surface area (Å²) in [5.74, 6) is -0.0517. The summed E-state index contributed by atoms with van der Waals surface area (Å²) in [6.07, 6.45) is 5.56. The van der Waals surface area contributed by atoms with Crippen molar-refractivity contribution in [3.8, 4) is 0 Å². The summed E-state index contributed by atoms with van der Waals surface area (Å²) in [7, 11) is 0. The van der Waals surface area contributed by atoms with Crippen molar-refractivity contribution >= 4 is 28.3 Å². The fraction of sp³-hybridized carbons (Fsp3) is 0.643. The van der Waals surface area contributed by atoms with E-state index < -0.39 is 0 Å². The van der Waals surface area contributed by atoms with Crippen molar-refractivity contribution in [1.29, 1.82) is 0 Å². The molecule has 3 rings (SSSR count). The molecule has 108 valence electrons. The van der Waals surface area contributed by atoms with Crippen molar-refractivity contribution in [3.05, 3.63) is 11.1 Å². The SMILES string of the molecule is CCCNc1ncc(CN2C(=O)C3CCCC3C2=O)s1. The Morgan fingerprint density at radius 3 is 2.70 bits per heavy atom. The van der Waals surface area contributed by atoms with Crippen molar-refractivity contribution in [2.45, 2.75) is 39.2 Å². The van der Waals surface area contributed by atoms with Crippen LogP contribution < -0.4 is 5.32 Å². The van der Waals surface area contributed by atoms with Crippen LogP contribution in [0.2, 0.25) is 0 Å². The highest BCUT2D eigenvalue weighted by molar-refractivity contribution is 7.15. The molecule has 2 heterocycles. The molecule has 1 aliphatic carbocycles. The number of hydrogen-bond acceptors (Lipinski definition) is 5. The van der Waals surface area contributed by atoms with Gasteiger partial charge >= 0.3 is 0 Å². The molecule has 1 aliphatic heterocycles. The van der Waals surface area contributed by atoms with Crippen molar-refractivity contribution in [3.63, 3.8) is 0 Å². The van der Waals surface area contributed by atoms with Gasteiger partial charge in [0.2, 0.25) is 11.8 Å². The normalized spacial score (nSPS) is 25.4. The van der Waals surface area contributed by atoms with E-state index in [9.17, 15) is 9.59 Å². The van der Waals surface area contributed by atoms with Gasteiger partial charge in [-0.15, -0.1) is 11.3 Å². The maximum absolute atomic E-state index is 12.3. The number of amides is 2. The van der Waals surface area contributed by atoms with Gasteiger partial charge in [0, 0.05) is 17.6 Å². The number of carbonyl (C=O) groups excluding carboxylic acids is 2. The van der Waals surface area contributed by atoms with E-state index in [0.717, 1.165) is 42.2 Å². The lowest BCUT2D eigenvalue weighted by Gasteiger charge is -2.14. The summed E-state index contributed by atoms with van der Waals surface area (Å²) in [5, 5.41) is 4.08. The van der Waals surface area contributed by atoms with Gasteiger partial charge < -0.3 is 5.32 Å². The zero-order valence-corrected chi connectivity index (χ0v) is 12.4. The Kier molecular flexibility index (Phi) is 3.74. The zero-order chi connectivity index (χ0) is 14.1. The van der Waals surface area contributed by atoms with Crippen LogP contribution in [-0.4, -0.2) is 28.2 Å². The first-order valence-corrected chi connectivity index (χ1v) is 8.06. The van der Waals surface area contributed by atoms with E-state index in [4.69, 9.17) is 0 Å². The van der Waals surface area contributed by atoms with Gasteiger partial charge in [0.15, 0.2) is 5.13 Å². The molecule has 1 saturated heterocycles. The molecule has 1 N–H and O–H groups in total. The average Bonchev–Trinajstić information content (AvgIpc) is 3.13. The molecule has 0 aromatic carbocycles. The summed E-state index contributed by atoms with van der Waals surface area (Å²) >= 11 is 1.52. The molecular weight excluding hydrogens is 274 g/mol. The third kappa shape index (κ3) is 2.32. The smallest absolute Gasteiger partial charge is 0.233 e. The molecule has 1 aromatic heterocycles. The molecule has 6 heteroatoms. The highest BCUT2D eigenvalue weighted by Crippen LogP contribution is 2.40. The Morgan fingerprint density at radius 1 is 1.35 bits per heavy atom. The topological polar surface area (TPSA) is 62.3 Å². The maximum Gasteiger partial charge on any atom is 0.233 e. The molecule has 1 saturated carbocycles. The lowest BCUT2D eigenvalue weighted by Crippen LogP contribution is -2.30. The van der Waals surface area contributed by atoms with E-state index in [1.165, 1.54) is 16.2 Å². The van der Waals surface area contributed by atoms with Crippen molar-refractivity contribution in [2.24, 2.45) is 11.8 Å². The van der Waals surface area contributed by atoms with Gasteiger partial charge in [-0.25, -0.2) is 4.98 Å². The Hall–Kier alpha value is -1.43. The number of likely N-dealkylation sites (tertiary alicyclic amines) is 1. The van der Waals surface area contributed by atoms with Crippen LogP contribution in [0, 0.1) is 11.8 Å². The number of fused-ring (bicyclic) bond motifs is 1. The Morgan fingerprint density at radius 2 is 2.05 bits per heavy atom. The molecule has 0 spiro atoms. The number of aromatic nitrogens is 1. The predicted molar refractivity (Wildman–Crippen MR) is 77.3 cm³/mol. The molecule has 2 unspecified atom stereocenters. The maximum atomic E-state index is 12.3. The largest absolute Gasteiger partial charge is 0.362 e. The quantitative estimate of drug-likeness (QED) is 0.846. The molecule has 1 aromatic rings.